The van der Waals surface area contributed by atoms with Crippen LogP contribution in [0.2, 0.25) is 0 Å². The van der Waals surface area contributed by atoms with Gasteiger partial charge in [-0.15, -0.1) is 16.9 Å². The molecule has 1 aliphatic rings. The van der Waals surface area contributed by atoms with Gasteiger partial charge in [-0.05, 0) is 26.7 Å². The Morgan fingerprint density at radius 2 is 2.29 bits per heavy atom. The Morgan fingerprint density at radius 1 is 1.46 bits per heavy atom. The molecule has 1 saturated heterocycles. The van der Waals surface area contributed by atoms with Gasteiger partial charge in [-0.3, -0.25) is 4.79 Å². The molecule has 1 aliphatic heterocycles. The van der Waals surface area contributed by atoms with Gasteiger partial charge >= 0.3 is 5.76 Å². The molecule has 1 N–H and O–H groups in total. The van der Waals surface area contributed by atoms with Crippen LogP contribution in [0.25, 0.3) is 0 Å². The molecule has 0 bridgehead atoms. The summed E-state index contributed by atoms with van der Waals surface area (Å²) in [5.74, 6) is 1.83. The number of amides is 1. The number of hydrogen-bond donors (Lipinski definition) is 1. The summed E-state index contributed by atoms with van der Waals surface area (Å²) in [6, 6.07) is 0. The fourth-order valence-corrected chi connectivity index (χ4v) is 3.94. The van der Waals surface area contributed by atoms with Crippen molar-refractivity contribution in [3.8, 4) is 0 Å². The lowest BCUT2D eigenvalue weighted by Gasteiger charge is -2.31. The van der Waals surface area contributed by atoms with Crippen LogP contribution in [-0.2, 0) is 10.5 Å². The highest BCUT2D eigenvalue weighted by molar-refractivity contribution is 7.99. The number of thioether (sulfide) groups is 1. The fourth-order valence-electron chi connectivity index (χ4n) is 2.86. The second-order valence-electron chi connectivity index (χ2n) is 5.93. The van der Waals surface area contributed by atoms with E-state index in [-0.39, 0.29) is 11.8 Å². The van der Waals surface area contributed by atoms with Gasteiger partial charge in [0.1, 0.15) is 5.76 Å². The standard InChI is InChI=1S/C15H20N4O4S/c1-9-12(10(2)23-18-9)7-24-8-13(20)19-5-3-4-11(6-19)14-16-17-15(21)22-14/h11H,3-8H2,1-2H3,(H,17,21). The third-order valence-electron chi connectivity index (χ3n) is 4.23. The monoisotopic (exact) mass is 352 g/mol. The van der Waals surface area contributed by atoms with E-state index in [1.54, 1.807) is 11.8 Å². The fraction of sp³-hybridized carbons (Fsp3) is 0.600. The van der Waals surface area contributed by atoms with E-state index in [9.17, 15) is 9.59 Å². The number of likely N-dealkylation sites (tertiary alicyclic amines) is 1. The van der Waals surface area contributed by atoms with E-state index >= 15 is 0 Å². The Kier molecular flexibility index (Phi) is 5.08. The van der Waals surface area contributed by atoms with Gasteiger partial charge in [-0.1, -0.05) is 5.16 Å². The zero-order valence-electron chi connectivity index (χ0n) is 13.7. The molecule has 3 rings (SSSR count). The van der Waals surface area contributed by atoms with Gasteiger partial charge in [0, 0.05) is 24.4 Å². The summed E-state index contributed by atoms with van der Waals surface area (Å²) in [6.07, 6.45) is 1.74. The highest BCUT2D eigenvalue weighted by atomic mass is 32.2. The number of hydrogen-bond acceptors (Lipinski definition) is 7. The number of aromatic nitrogens is 3. The van der Waals surface area contributed by atoms with Crippen LogP contribution in [0.15, 0.2) is 13.7 Å². The molecule has 2 aromatic heterocycles. The molecule has 24 heavy (non-hydrogen) atoms. The van der Waals surface area contributed by atoms with Crippen molar-refractivity contribution in [1.82, 2.24) is 20.3 Å². The van der Waals surface area contributed by atoms with Gasteiger partial charge < -0.3 is 13.8 Å². The molecule has 8 nitrogen and oxygen atoms in total. The SMILES string of the molecule is Cc1noc(C)c1CSCC(=O)N1CCCC(c2n[nH]c(=O)o2)C1. The summed E-state index contributed by atoms with van der Waals surface area (Å²) < 4.78 is 10.2. The third kappa shape index (κ3) is 3.72. The Balaban J connectivity index is 1.52. The number of aryl methyl sites for hydroxylation is 2. The molecule has 1 unspecified atom stereocenters. The van der Waals surface area contributed by atoms with Crippen LogP contribution in [-0.4, -0.2) is 45.0 Å². The Labute approximate surface area is 143 Å². The third-order valence-corrected chi connectivity index (χ3v) is 5.18. The average molecular weight is 352 g/mol. The van der Waals surface area contributed by atoms with Crippen molar-refractivity contribution in [2.75, 3.05) is 18.8 Å². The zero-order chi connectivity index (χ0) is 17.1. The number of rotatable bonds is 5. The molecule has 2 aromatic rings. The first-order valence-electron chi connectivity index (χ1n) is 7.87. The van der Waals surface area contributed by atoms with Gasteiger partial charge in [0.2, 0.25) is 11.8 Å². The number of aromatic amines is 1. The summed E-state index contributed by atoms with van der Waals surface area (Å²) >= 11 is 1.56. The van der Waals surface area contributed by atoms with Gasteiger partial charge in [-0.2, -0.15) is 0 Å². The first-order valence-corrected chi connectivity index (χ1v) is 9.02. The minimum atomic E-state index is -0.552. The largest absolute Gasteiger partial charge is 0.434 e. The van der Waals surface area contributed by atoms with Gasteiger partial charge in [-0.25, -0.2) is 9.89 Å². The maximum Gasteiger partial charge on any atom is 0.434 e. The van der Waals surface area contributed by atoms with Gasteiger partial charge in [0.25, 0.3) is 0 Å². The summed E-state index contributed by atoms with van der Waals surface area (Å²) in [7, 11) is 0. The van der Waals surface area contributed by atoms with Crippen LogP contribution in [0.4, 0.5) is 0 Å². The highest BCUT2D eigenvalue weighted by Gasteiger charge is 2.28. The second kappa shape index (κ2) is 7.25. The smallest absolute Gasteiger partial charge is 0.392 e. The molecule has 0 saturated carbocycles. The lowest BCUT2D eigenvalue weighted by Crippen LogP contribution is -2.40. The Bertz CT molecular complexity index is 746. The van der Waals surface area contributed by atoms with E-state index in [0.717, 1.165) is 36.4 Å². The van der Waals surface area contributed by atoms with E-state index in [0.29, 0.717) is 23.9 Å². The molecule has 0 radical (unpaired) electrons. The normalized spacial score (nSPS) is 18.1. The summed E-state index contributed by atoms with van der Waals surface area (Å²) in [5.41, 5.74) is 1.93. The van der Waals surface area contributed by atoms with Crippen molar-refractivity contribution in [2.45, 2.75) is 38.4 Å². The number of nitrogens with one attached hydrogen (secondary N) is 1. The van der Waals surface area contributed by atoms with Crippen LogP contribution in [0.1, 0.15) is 41.7 Å². The van der Waals surface area contributed by atoms with Crippen molar-refractivity contribution in [1.29, 1.82) is 0 Å². The average Bonchev–Trinajstić information content (AvgIpc) is 3.15. The summed E-state index contributed by atoms with van der Waals surface area (Å²) in [6.45, 7) is 5.06. The lowest BCUT2D eigenvalue weighted by atomic mass is 9.98. The molecule has 1 atom stereocenters. The minimum absolute atomic E-state index is 0.0192. The molecule has 0 aromatic carbocycles. The molecule has 3 heterocycles. The number of piperidine rings is 1. The molecular weight excluding hydrogens is 332 g/mol. The Hall–Kier alpha value is -2.03. The van der Waals surface area contributed by atoms with E-state index < -0.39 is 5.76 Å². The molecule has 1 fully saturated rings. The zero-order valence-corrected chi connectivity index (χ0v) is 14.5. The summed E-state index contributed by atoms with van der Waals surface area (Å²) in [5, 5.41) is 10.1. The summed E-state index contributed by atoms with van der Waals surface area (Å²) in [4.78, 5) is 25.3. The van der Waals surface area contributed by atoms with E-state index in [1.165, 1.54) is 0 Å². The molecular formula is C15H20N4O4S. The number of carbonyl (C=O) groups excluding carboxylic acids is 1. The predicted molar refractivity (Wildman–Crippen MR) is 87.8 cm³/mol. The molecule has 0 spiro atoms. The van der Waals surface area contributed by atoms with Crippen molar-refractivity contribution in [3.63, 3.8) is 0 Å². The van der Waals surface area contributed by atoms with E-state index in [1.807, 2.05) is 18.7 Å². The number of nitrogens with zero attached hydrogens (tertiary/aromatic N) is 3. The molecule has 9 heteroatoms. The Morgan fingerprint density at radius 3 is 2.96 bits per heavy atom. The highest BCUT2D eigenvalue weighted by Crippen LogP contribution is 2.26. The number of carbonyl (C=O) groups is 1. The van der Waals surface area contributed by atoms with E-state index in [2.05, 4.69) is 15.4 Å². The minimum Gasteiger partial charge on any atom is -0.392 e. The molecule has 0 aliphatic carbocycles. The van der Waals surface area contributed by atoms with Crippen molar-refractivity contribution in [2.24, 2.45) is 0 Å². The van der Waals surface area contributed by atoms with Crippen molar-refractivity contribution in [3.05, 3.63) is 33.5 Å². The van der Waals surface area contributed by atoms with Crippen LogP contribution in [0, 0.1) is 13.8 Å². The van der Waals surface area contributed by atoms with Crippen LogP contribution in [0.5, 0.6) is 0 Å². The quantitative estimate of drug-likeness (QED) is 0.871. The van der Waals surface area contributed by atoms with Crippen molar-refractivity contribution < 1.29 is 13.7 Å². The lowest BCUT2D eigenvalue weighted by molar-refractivity contribution is -0.129. The second-order valence-corrected chi connectivity index (χ2v) is 6.91. The maximum atomic E-state index is 12.4. The maximum absolute atomic E-state index is 12.4. The topological polar surface area (TPSA) is 105 Å². The van der Waals surface area contributed by atoms with Crippen LogP contribution < -0.4 is 5.76 Å². The van der Waals surface area contributed by atoms with E-state index in [4.69, 9.17) is 8.94 Å². The van der Waals surface area contributed by atoms with Gasteiger partial charge in [0.05, 0.1) is 17.4 Å². The first-order chi connectivity index (χ1) is 11.5. The van der Waals surface area contributed by atoms with Gasteiger partial charge in [0.15, 0.2) is 0 Å². The van der Waals surface area contributed by atoms with Crippen molar-refractivity contribution >= 4 is 17.7 Å². The first kappa shape index (κ1) is 16.8. The number of H-pyrrole nitrogens is 1. The predicted octanol–water partition coefficient (Wildman–Crippen LogP) is 1.61. The van der Waals surface area contributed by atoms with Crippen LogP contribution in [0.3, 0.4) is 0 Å². The molecule has 1 amide bonds. The van der Waals surface area contributed by atoms with Crippen LogP contribution >= 0.6 is 11.8 Å². The molecule has 130 valence electrons.